The largest absolute Gasteiger partial charge is 0.379 e. The van der Waals surface area contributed by atoms with Gasteiger partial charge >= 0.3 is 0 Å². The van der Waals surface area contributed by atoms with Crippen LogP contribution < -0.4 is 5.73 Å². The van der Waals surface area contributed by atoms with Gasteiger partial charge in [0.15, 0.2) is 0 Å². The number of aromatic nitrogens is 2. The van der Waals surface area contributed by atoms with Gasteiger partial charge in [0.2, 0.25) is 0 Å². The Balaban J connectivity index is 2.71. The lowest BCUT2D eigenvalue weighted by molar-refractivity contribution is 0.0759. The van der Waals surface area contributed by atoms with Gasteiger partial charge in [-0.1, -0.05) is 6.92 Å². The minimum absolute atomic E-state index is 0.0508. The van der Waals surface area contributed by atoms with Gasteiger partial charge in [-0.25, -0.2) is 0 Å². The summed E-state index contributed by atoms with van der Waals surface area (Å²) >= 11 is 0. The van der Waals surface area contributed by atoms with Crippen LogP contribution in [0.5, 0.6) is 0 Å². The molecule has 0 radical (unpaired) electrons. The van der Waals surface area contributed by atoms with Gasteiger partial charge in [-0.15, -0.1) is 0 Å². The maximum absolute atomic E-state index is 5.97. The zero-order valence-corrected chi connectivity index (χ0v) is 8.40. The average Bonchev–Trinajstić information content (AvgIpc) is 2.54. The Kier molecular flexibility index (Phi) is 3.45. The lowest BCUT2D eigenvalue weighted by Crippen LogP contribution is -2.27. The molecule has 4 nitrogen and oxygen atoms in total. The van der Waals surface area contributed by atoms with Crippen molar-refractivity contribution in [3.63, 3.8) is 0 Å². The monoisotopic (exact) mass is 183 g/mol. The van der Waals surface area contributed by atoms with E-state index < -0.39 is 0 Å². The normalized spacial score (nSPS) is 15.7. The molecule has 0 bridgehead atoms. The van der Waals surface area contributed by atoms with Crippen LogP contribution in [0.4, 0.5) is 0 Å². The van der Waals surface area contributed by atoms with E-state index in [1.807, 2.05) is 19.3 Å². The van der Waals surface area contributed by atoms with Crippen LogP contribution in [-0.2, 0) is 11.8 Å². The third-order valence-electron chi connectivity index (χ3n) is 2.18. The highest BCUT2D eigenvalue weighted by atomic mass is 16.5. The minimum atomic E-state index is -0.129. The van der Waals surface area contributed by atoms with E-state index in [1.165, 1.54) is 0 Å². The van der Waals surface area contributed by atoms with Crippen LogP contribution in [0, 0.1) is 0 Å². The second-order valence-electron chi connectivity index (χ2n) is 3.12. The lowest BCUT2D eigenvalue weighted by Gasteiger charge is -2.18. The van der Waals surface area contributed by atoms with Gasteiger partial charge in [-0.3, -0.25) is 4.68 Å². The molecule has 0 aliphatic rings. The maximum Gasteiger partial charge on any atom is 0.0818 e. The number of hydrogen-bond donors (Lipinski definition) is 1. The molecule has 2 atom stereocenters. The fourth-order valence-electron chi connectivity index (χ4n) is 1.37. The summed E-state index contributed by atoms with van der Waals surface area (Å²) in [6.45, 7) is 2.05. The highest BCUT2D eigenvalue weighted by Crippen LogP contribution is 2.16. The molecule has 2 unspecified atom stereocenters. The average molecular weight is 183 g/mol. The fraction of sp³-hybridized carbons (Fsp3) is 0.667. The minimum Gasteiger partial charge on any atom is -0.379 e. The van der Waals surface area contributed by atoms with Crippen molar-refractivity contribution in [2.45, 2.75) is 25.5 Å². The molecule has 1 rings (SSSR count). The van der Waals surface area contributed by atoms with Crippen molar-refractivity contribution in [2.24, 2.45) is 12.8 Å². The van der Waals surface area contributed by atoms with Gasteiger partial charge < -0.3 is 10.5 Å². The zero-order chi connectivity index (χ0) is 9.84. The van der Waals surface area contributed by atoms with Crippen LogP contribution in [0.15, 0.2) is 12.3 Å². The maximum atomic E-state index is 5.97. The van der Waals surface area contributed by atoms with Gasteiger partial charge in [0.25, 0.3) is 0 Å². The molecule has 0 aromatic carbocycles. The number of aryl methyl sites for hydroxylation is 1. The van der Waals surface area contributed by atoms with Crippen molar-refractivity contribution in [1.29, 1.82) is 0 Å². The van der Waals surface area contributed by atoms with E-state index in [4.69, 9.17) is 10.5 Å². The van der Waals surface area contributed by atoms with E-state index in [0.717, 1.165) is 12.1 Å². The summed E-state index contributed by atoms with van der Waals surface area (Å²) in [5.74, 6) is 0. The number of methoxy groups -OCH3 is 1. The predicted molar refractivity (Wildman–Crippen MR) is 51.2 cm³/mol. The molecule has 0 saturated carbocycles. The Bertz CT molecular complexity index is 255. The second kappa shape index (κ2) is 4.39. The first-order valence-electron chi connectivity index (χ1n) is 4.47. The predicted octanol–water partition coefficient (Wildman–Crippen LogP) is 0.845. The van der Waals surface area contributed by atoms with Gasteiger partial charge in [-0.05, 0) is 12.5 Å². The highest BCUT2D eigenvalue weighted by molar-refractivity contribution is 5.06. The van der Waals surface area contributed by atoms with E-state index in [-0.39, 0.29) is 12.1 Å². The van der Waals surface area contributed by atoms with Crippen LogP contribution in [0.2, 0.25) is 0 Å². The third kappa shape index (κ3) is 2.29. The van der Waals surface area contributed by atoms with Gasteiger partial charge in [-0.2, -0.15) is 5.10 Å². The third-order valence-corrected chi connectivity index (χ3v) is 2.18. The van der Waals surface area contributed by atoms with Gasteiger partial charge in [0.1, 0.15) is 0 Å². The van der Waals surface area contributed by atoms with Crippen molar-refractivity contribution in [1.82, 2.24) is 9.78 Å². The SMILES string of the molecule is CCC(OC)C(N)c1ccn(C)n1. The molecular formula is C9H17N3O. The first-order chi connectivity index (χ1) is 6.19. The molecule has 1 aromatic rings. The Morgan fingerprint density at radius 2 is 2.38 bits per heavy atom. The van der Waals surface area contributed by atoms with Crippen molar-refractivity contribution < 1.29 is 4.74 Å². The van der Waals surface area contributed by atoms with E-state index in [9.17, 15) is 0 Å². The number of nitrogens with zero attached hydrogens (tertiary/aromatic N) is 2. The number of rotatable bonds is 4. The van der Waals surface area contributed by atoms with E-state index in [2.05, 4.69) is 12.0 Å². The first-order valence-corrected chi connectivity index (χ1v) is 4.47. The highest BCUT2D eigenvalue weighted by Gasteiger charge is 2.18. The summed E-state index contributed by atoms with van der Waals surface area (Å²) in [6.07, 6.45) is 2.83. The molecule has 2 N–H and O–H groups in total. The first kappa shape index (κ1) is 10.2. The van der Waals surface area contributed by atoms with E-state index in [1.54, 1.807) is 11.8 Å². The molecule has 0 spiro atoms. The topological polar surface area (TPSA) is 53.1 Å². The molecule has 74 valence electrons. The fourth-order valence-corrected chi connectivity index (χ4v) is 1.37. The smallest absolute Gasteiger partial charge is 0.0818 e. The summed E-state index contributed by atoms with van der Waals surface area (Å²) in [6, 6.07) is 1.79. The van der Waals surface area contributed by atoms with Crippen molar-refractivity contribution in [2.75, 3.05) is 7.11 Å². The summed E-state index contributed by atoms with van der Waals surface area (Å²) in [7, 11) is 3.56. The second-order valence-corrected chi connectivity index (χ2v) is 3.12. The molecule has 13 heavy (non-hydrogen) atoms. The molecule has 0 aliphatic heterocycles. The molecular weight excluding hydrogens is 166 g/mol. The Morgan fingerprint density at radius 3 is 2.77 bits per heavy atom. The van der Waals surface area contributed by atoms with Crippen LogP contribution >= 0.6 is 0 Å². The zero-order valence-electron chi connectivity index (χ0n) is 8.40. The summed E-state index contributed by atoms with van der Waals surface area (Å²) in [4.78, 5) is 0. The Morgan fingerprint density at radius 1 is 1.69 bits per heavy atom. The molecule has 4 heteroatoms. The van der Waals surface area contributed by atoms with Crippen molar-refractivity contribution >= 4 is 0 Å². The van der Waals surface area contributed by atoms with Crippen LogP contribution in [-0.4, -0.2) is 23.0 Å². The van der Waals surface area contributed by atoms with Crippen molar-refractivity contribution in [3.05, 3.63) is 18.0 Å². The summed E-state index contributed by atoms with van der Waals surface area (Å²) in [5, 5.41) is 4.24. The number of ether oxygens (including phenoxy) is 1. The standard InChI is InChI=1S/C9H17N3O/c1-4-8(13-3)9(10)7-5-6-12(2)11-7/h5-6,8-9H,4,10H2,1-3H3. The molecule has 0 amide bonds. The van der Waals surface area contributed by atoms with Gasteiger partial charge in [0.05, 0.1) is 17.8 Å². The van der Waals surface area contributed by atoms with Crippen LogP contribution in [0.3, 0.4) is 0 Å². The molecule has 0 fully saturated rings. The Hall–Kier alpha value is -0.870. The summed E-state index contributed by atoms with van der Waals surface area (Å²) in [5.41, 5.74) is 6.86. The number of nitrogens with two attached hydrogens (primary N) is 1. The molecule has 0 saturated heterocycles. The Labute approximate surface area is 78.7 Å². The molecule has 0 aliphatic carbocycles. The quantitative estimate of drug-likeness (QED) is 0.752. The van der Waals surface area contributed by atoms with Crippen molar-refractivity contribution in [3.8, 4) is 0 Å². The lowest BCUT2D eigenvalue weighted by atomic mass is 10.1. The van der Waals surface area contributed by atoms with E-state index in [0.29, 0.717) is 0 Å². The molecule has 1 aromatic heterocycles. The number of hydrogen-bond acceptors (Lipinski definition) is 3. The van der Waals surface area contributed by atoms with E-state index >= 15 is 0 Å². The summed E-state index contributed by atoms with van der Waals surface area (Å²) < 4.78 is 7.00. The van der Waals surface area contributed by atoms with Crippen LogP contribution in [0.1, 0.15) is 25.1 Å². The van der Waals surface area contributed by atoms with Crippen LogP contribution in [0.25, 0.3) is 0 Å². The molecule has 1 heterocycles. The van der Waals surface area contributed by atoms with Gasteiger partial charge in [0, 0.05) is 20.4 Å².